The van der Waals surface area contributed by atoms with Crippen LogP contribution in [0.2, 0.25) is 0 Å². The minimum Gasteiger partial charge on any atom is -0.444 e. The molecule has 0 aliphatic carbocycles. The number of carbonyl (C=O) groups is 1. The molecule has 38 heavy (non-hydrogen) atoms. The maximum absolute atomic E-state index is 12.4. The largest absolute Gasteiger partial charge is 0.444 e. The van der Waals surface area contributed by atoms with Crippen LogP contribution >= 0.6 is 0 Å². The highest BCUT2D eigenvalue weighted by Crippen LogP contribution is 2.35. The Morgan fingerprint density at radius 1 is 0.947 bits per heavy atom. The lowest BCUT2D eigenvalue weighted by molar-refractivity contribution is 0.0134. The molecular weight excluding hydrogens is 484 g/mol. The van der Waals surface area contributed by atoms with E-state index in [1.165, 1.54) is 11.3 Å². The quantitative estimate of drug-likeness (QED) is 0.507. The summed E-state index contributed by atoms with van der Waals surface area (Å²) in [5, 5.41) is 18.6. The van der Waals surface area contributed by atoms with Gasteiger partial charge in [-0.15, -0.1) is 0 Å². The molecule has 2 aromatic rings. The molecular formula is C28H46N6O4. The second-order valence-electron chi connectivity index (χ2n) is 11.8. The van der Waals surface area contributed by atoms with Gasteiger partial charge in [0.15, 0.2) is 0 Å². The number of amides is 1. The van der Waals surface area contributed by atoms with Crippen molar-refractivity contribution in [2.75, 3.05) is 13.2 Å². The molecule has 6 heterocycles. The molecule has 0 bridgehead atoms. The monoisotopic (exact) mass is 530 g/mol. The molecule has 2 fully saturated rings. The van der Waals surface area contributed by atoms with Crippen molar-refractivity contribution >= 4 is 6.09 Å². The molecule has 4 aliphatic heterocycles. The van der Waals surface area contributed by atoms with Crippen molar-refractivity contribution in [3.8, 4) is 0 Å². The van der Waals surface area contributed by atoms with Gasteiger partial charge in [-0.1, -0.05) is 7.43 Å². The lowest BCUT2D eigenvalue weighted by atomic mass is 9.97. The summed E-state index contributed by atoms with van der Waals surface area (Å²) in [6.45, 7) is 13.1. The SMILES string of the molecule is C.C[C@H]1Cc2[nH]nc(C3CCCO3)c2CN1.C[C@H]1Cc2[nH]nc(C3CCCO3)c2CN1C(=O)OC(C)(C)C. The standard InChI is InChI=1S/C16H25N3O3.C11H17N3O.CH4/c1-10-8-12-11(9-19(10)15(20)22-16(2,3)4)14(18-17-12)13-6-5-7-21-13;1-7-5-9-8(6-12-7)11(14-13-9)10-3-2-4-15-10;/h10,13H,5-9H2,1-4H3,(H,17,18);7,10,12H,2-6H2,1H3,(H,13,14);1H4/t10-,13?;7-,10?;/m00./s1. The predicted octanol–water partition coefficient (Wildman–Crippen LogP) is 4.87. The van der Waals surface area contributed by atoms with Crippen LogP contribution < -0.4 is 5.32 Å². The first-order valence-electron chi connectivity index (χ1n) is 13.8. The van der Waals surface area contributed by atoms with Crippen LogP contribution in [-0.2, 0) is 40.1 Å². The van der Waals surface area contributed by atoms with Crippen molar-refractivity contribution in [2.45, 2.75) is 124 Å². The molecule has 6 rings (SSSR count). The molecule has 212 valence electrons. The van der Waals surface area contributed by atoms with Gasteiger partial charge >= 0.3 is 6.09 Å². The van der Waals surface area contributed by atoms with E-state index >= 15 is 0 Å². The molecule has 10 nitrogen and oxygen atoms in total. The van der Waals surface area contributed by atoms with E-state index in [2.05, 4.69) is 32.6 Å². The molecule has 4 aliphatic rings. The van der Waals surface area contributed by atoms with Crippen molar-refractivity contribution in [1.82, 2.24) is 30.6 Å². The highest BCUT2D eigenvalue weighted by atomic mass is 16.6. The van der Waals surface area contributed by atoms with Crippen LogP contribution in [0.25, 0.3) is 0 Å². The molecule has 0 radical (unpaired) electrons. The highest BCUT2D eigenvalue weighted by Gasteiger charge is 2.35. The van der Waals surface area contributed by atoms with Crippen LogP contribution in [0.15, 0.2) is 0 Å². The van der Waals surface area contributed by atoms with E-state index in [9.17, 15) is 4.79 Å². The Morgan fingerprint density at radius 3 is 2.08 bits per heavy atom. The zero-order valence-electron chi connectivity index (χ0n) is 22.9. The normalized spacial score (nSPS) is 26.6. The van der Waals surface area contributed by atoms with Gasteiger partial charge in [-0.25, -0.2) is 4.79 Å². The predicted molar refractivity (Wildman–Crippen MR) is 145 cm³/mol. The van der Waals surface area contributed by atoms with Gasteiger partial charge in [0.05, 0.1) is 17.9 Å². The van der Waals surface area contributed by atoms with E-state index in [0.29, 0.717) is 12.6 Å². The zero-order valence-corrected chi connectivity index (χ0v) is 22.9. The van der Waals surface area contributed by atoms with Crippen molar-refractivity contribution < 1.29 is 19.0 Å². The Balaban J connectivity index is 0.000000184. The zero-order chi connectivity index (χ0) is 26.2. The molecule has 3 N–H and O–H groups in total. The molecule has 10 heteroatoms. The first kappa shape index (κ1) is 28.6. The summed E-state index contributed by atoms with van der Waals surface area (Å²) in [6.07, 6.45) is 6.21. The van der Waals surface area contributed by atoms with Gasteiger partial charge in [0, 0.05) is 67.2 Å². The minimum atomic E-state index is -0.481. The number of aromatic amines is 2. The third kappa shape index (κ3) is 6.24. The fourth-order valence-electron chi connectivity index (χ4n) is 5.62. The maximum atomic E-state index is 12.4. The summed E-state index contributed by atoms with van der Waals surface area (Å²) < 4.78 is 17.0. The Bertz CT molecular complexity index is 1080. The van der Waals surface area contributed by atoms with Gasteiger partial charge < -0.3 is 24.4 Å². The summed E-state index contributed by atoms with van der Waals surface area (Å²) >= 11 is 0. The summed E-state index contributed by atoms with van der Waals surface area (Å²) in [7, 11) is 0. The fourth-order valence-corrected chi connectivity index (χ4v) is 5.62. The molecule has 1 amide bonds. The van der Waals surface area contributed by atoms with Crippen molar-refractivity contribution in [1.29, 1.82) is 0 Å². The topological polar surface area (TPSA) is 117 Å². The average molecular weight is 531 g/mol. The second-order valence-corrected chi connectivity index (χ2v) is 11.8. The van der Waals surface area contributed by atoms with Crippen molar-refractivity contribution in [3.63, 3.8) is 0 Å². The highest BCUT2D eigenvalue weighted by molar-refractivity contribution is 5.69. The van der Waals surface area contributed by atoms with E-state index < -0.39 is 5.60 Å². The Hall–Kier alpha value is -2.43. The van der Waals surface area contributed by atoms with Crippen LogP contribution in [0.1, 0.15) is 114 Å². The molecule has 2 unspecified atom stereocenters. The lowest BCUT2D eigenvalue weighted by Crippen LogP contribution is -2.45. The number of hydrogen-bond donors (Lipinski definition) is 3. The van der Waals surface area contributed by atoms with Crippen LogP contribution in [0, 0.1) is 0 Å². The van der Waals surface area contributed by atoms with Crippen molar-refractivity contribution in [2.24, 2.45) is 0 Å². The molecule has 0 saturated carbocycles. The van der Waals surface area contributed by atoms with E-state index in [-0.39, 0.29) is 31.8 Å². The number of H-pyrrole nitrogens is 2. The number of nitrogens with zero attached hydrogens (tertiary/aromatic N) is 3. The van der Waals surface area contributed by atoms with Crippen LogP contribution in [0.3, 0.4) is 0 Å². The van der Waals surface area contributed by atoms with E-state index in [1.807, 2.05) is 27.7 Å². The first-order valence-corrected chi connectivity index (χ1v) is 13.8. The lowest BCUT2D eigenvalue weighted by Gasteiger charge is -2.35. The number of ether oxygens (including phenoxy) is 3. The number of fused-ring (bicyclic) bond motifs is 2. The molecule has 0 spiro atoms. The first-order chi connectivity index (χ1) is 17.7. The summed E-state index contributed by atoms with van der Waals surface area (Å²) in [6, 6.07) is 0.649. The van der Waals surface area contributed by atoms with Crippen molar-refractivity contribution in [3.05, 3.63) is 33.9 Å². The third-order valence-corrected chi connectivity index (χ3v) is 7.56. The fraction of sp³-hybridized carbons (Fsp3) is 0.750. The summed E-state index contributed by atoms with van der Waals surface area (Å²) in [5.41, 5.74) is 6.50. The van der Waals surface area contributed by atoms with Gasteiger partial charge in [0.2, 0.25) is 0 Å². The number of rotatable bonds is 2. The number of nitrogens with one attached hydrogen (secondary N) is 3. The molecule has 4 atom stereocenters. The molecule has 2 saturated heterocycles. The van der Waals surface area contributed by atoms with Gasteiger partial charge in [-0.2, -0.15) is 10.2 Å². The Morgan fingerprint density at radius 2 is 1.53 bits per heavy atom. The van der Waals surface area contributed by atoms with E-state index in [0.717, 1.165) is 80.9 Å². The van der Waals surface area contributed by atoms with E-state index in [1.54, 1.807) is 4.90 Å². The minimum absolute atomic E-state index is 0. The van der Waals surface area contributed by atoms with Gasteiger partial charge in [-0.05, 0) is 60.3 Å². The van der Waals surface area contributed by atoms with Crippen LogP contribution in [-0.4, -0.2) is 62.3 Å². The third-order valence-electron chi connectivity index (χ3n) is 7.56. The summed E-state index contributed by atoms with van der Waals surface area (Å²) in [5.74, 6) is 0. The number of carbonyl (C=O) groups excluding carboxylic acids is 1. The molecule has 0 aromatic carbocycles. The maximum Gasteiger partial charge on any atom is 0.410 e. The van der Waals surface area contributed by atoms with E-state index in [4.69, 9.17) is 14.2 Å². The van der Waals surface area contributed by atoms with Crippen LogP contribution in [0.5, 0.6) is 0 Å². The van der Waals surface area contributed by atoms with Gasteiger partial charge in [-0.3, -0.25) is 10.2 Å². The second kappa shape index (κ2) is 11.8. The Kier molecular flexibility index (Phi) is 8.84. The van der Waals surface area contributed by atoms with Crippen LogP contribution in [0.4, 0.5) is 4.79 Å². The number of hydrogen-bond acceptors (Lipinski definition) is 7. The average Bonchev–Trinajstić information content (AvgIpc) is 3.63. The smallest absolute Gasteiger partial charge is 0.410 e. The van der Waals surface area contributed by atoms with Gasteiger partial charge in [0.25, 0.3) is 0 Å². The Labute approximate surface area is 226 Å². The number of aromatic nitrogens is 4. The molecule has 2 aromatic heterocycles. The summed E-state index contributed by atoms with van der Waals surface area (Å²) in [4.78, 5) is 14.2. The van der Waals surface area contributed by atoms with Gasteiger partial charge in [0.1, 0.15) is 17.8 Å².